The van der Waals surface area contributed by atoms with Crippen LogP contribution in [-0.4, -0.2) is 38.6 Å². The summed E-state index contributed by atoms with van der Waals surface area (Å²) in [5.41, 5.74) is 4.88. The molecule has 0 aromatic rings. The number of esters is 1. The summed E-state index contributed by atoms with van der Waals surface area (Å²) < 4.78 is 4.48. The summed E-state index contributed by atoms with van der Waals surface area (Å²) in [5, 5.41) is 0. The van der Waals surface area contributed by atoms with Crippen LogP contribution in [0.15, 0.2) is 12.3 Å². The van der Waals surface area contributed by atoms with E-state index in [0.29, 0.717) is 6.61 Å². The minimum atomic E-state index is -0.394. The minimum absolute atomic E-state index is 0.392. The van der Waals surface area contributed by atoms with E-state index >= 15 is 0 Å². The van der Waals surface area contributed by atoms with E-state index in [2.05, 4.69) is 4.74 Å². The number of carbonyl (C=O) groups excluding carboxylic acids is 1. The lowest BCUT2D eigenvalue weighted by atomic mass is 10.6. The Hall–Kier alpha value is -1.03. The first-order valence-corrected chi connectivity index (χ1v) is 3.70. The lowest BCUT2D eigenvalue weighted by molar-refractivity contribution is -0.137. The summed E-state index contributed by atoms with van der Waals surface area (Å²) in [6.07, 6.45) is 2.32. The standard InChI is InChI=1S/C5H9NO2.C3H9N/c1-2-8-5(7)3-4-6;1-4(2)3/h3-4H,2,6H2,1H3;1-3H3. The molecule has 2 N–H and O–H groups in total. The molecule has 0 unspecified atom stereocenters. The molecule has 0 heterocycles. The predicted octanol–water partition coefficient (Wildman–Crippen LogP) is 0.200. The molecule has 0 aliphatic rings. The van der Waals surface area contributed by atoms with Crippen LogP contribution in [0.4, 0.5) is 0 Å². The van der Waals surface area contributed by atoms with Crippen LogP contribution in [0.25, 0.3) is 0 Å². The second-order valence-electron chi connectivity index (χ2n) is 2.45. The van der Waals surface area contributed by atoms with Gasteiger partial charge in [0.15, 0.2) is 0 Å². The van der Waals surface area contributed by atoms with Gasteiger partial charge in [0.1, 0.15) is 0 Å². The summed E-state index contributed by atoms with van der Waals surface area (Å²) in [5.74, 6) is -0.394. The van der Waals surface area contributed by atoms with Crippen molar-refractivity contribution in [2.45, 2.75) is 6.92 Å². The number of carbonyl (C=O) groups is 1. The molecule has 0 aromatic heterocycles. The van der Waals surface area contributed by atoms with Gasteiger partial charge in [0, 0.05) is 12.3 Å². The fraction of sp³-hybridized carbons (Fsp3) is 0.625. The first-order chi connectivity index (χ1) is 5.54. The van der Waals surface area contributed by atoms with Crippen molar-refractivity contribution < 1.29 is 9.53 Å². The number of rotatable bonds is 2. The highest BCUT2D eigenvalue weighted by Crippen LogP contribution is 1.76. The molecular weight excluding hydrogens is 156 g/mol. The van der Waals surface area contributed by atoms with Crippen molar-refractivity contribution in [1.29, 1.82) is 0 Å². The van der Waals surface area contributed by atoms with Gasteiger partial charge in [-0.1, -0.05) is 0 Å². The molecule has 72 valence electrons. The van der Waals surface area contributed by atoms with Crippen molar-refractivity contribution in [3.63, 3.8) is 0 Å². The summed E-state index contributed by atoms with van der Waals surface area (Å²) in [7, 11) is 6.00. The van der Waals surface area contributed by atoms with E-state index in [9.17, 15) is 4.79 Å². The highest BCUT2D eigenvalue weighted by molar-refractivity contribution is 5.81. The molecule has 0 aliphatic carbocycles. The third-order valence-electron chi connectivity index (χ3n) is 0.519. The molecule has 4 nitrogen and oxygen atoms in total. The van der Waals surface area contributed by atoms with Crippen LogP contribution in [-0.2, 0) is 9.53 Å². The van der Waals surface area contributed by atoms with Crippen molar-refractivity contribution in [3.05, 3.63) is 12.3 Å². The van der Waals surface area contributed by atoms with Crippen molar-refractivity contribution >= 4 is 5.97 Å². The molecule has 0 amide bonds. The van der Waals surface area contributed by atoms with Gasteiger partial charge in [0.05, 0.1) is 6.61 Å². The molecule has 0 fully saturated rings. The molecule has 12 heavy (non-hydrogen) atoms. The molecule has 0 radical (unpaired) electrons. The van der Waals surface area contributed by atoms with Gasteiger partial charge in [-0.2, -0.15) is 0 Å². The highest BCUT2D eigenvalue weighted by atomic mass is 16.5. The van der Waals surface area contributed by atoms with Crippen LogP contribution < -0.4 is 5.73 Å². The zero-order chi connectivity index (χ0) is 9.98. The van der Waals surface area contributed by atoms with Crippen LogP contribution in [0.3, 0.4) is 0 Å². The maximum atomic E-state index is 10.3. The van der Waals surface area contributed by atoms with E-state index in [0.717, 1.165) is 6.20 Å². The molecule has 0 aliphatic heterocycles. The van der Waals surface area contributed by atoms with Gasteiger partial charge in [0.25, 0.3) is 0 Å². The molecular formula is C8H18N2O2. The molecule has 0 aromatic carbocycles. The molecule has 0 saturated heterocycles. The van der Waals surface area contributed by atoms with E-state index in [1.165, 1.54) is 6.08 Å². The van der Waals surface area contributed by atoms with Crippen molar-refractivity contribution in [2.24, 2.45) is 5.73 Å². The highest BCUT2D eigenvalue weighted by Gasteiger charge is 1.88. The Morgan fingerprint density at radius 2 is 1.92 bits per heavy atom. The normalized spacial score (nSPS) is 9.42. The fourth-order valence-corrected chi connectivity index (χ4v) is 0.269. The van der Waals surface area contributed by atoms with Gasteiger partial charge >= 0.3 is 5.97 Å². The van der Waals surface area contributed by atoms with Gasteiger partial charge < -0.3 is 15.4 Å². The van der Waals surface area contributed by atoms with Crippen LogP contribution in [0.2, 0.25) is 0 Å². The van der Waals surface area contributed by atoms with E-state index in [4.69, 9.17) is 5.73 Å². The Labute approximate surface area is 74.0 Å². The van der Waals surface area contributed by atoms with E-state index in [-0.39, 0.29) is 0 Å². The average molecular weight is 174 g/mol. The second kappa shape index (κ2) is 9.97. The number of ether oxygens (including phenoxy) is 1. The third-order valence-corrected chi connectivity index (χ3v) is 0.519. The Morgan fingerprint density at radius 1 is 1.50 bits per heavy atom. The Balaban J connectivity index is 0. The molecule has 0 spiro atoms. The zero-order valence-electron chi connectivity index (χ0n) is 8.20. The van der Waals surface area contributed by atoms with Gasteiger partial charge in [0.2, 0.25) is 0 Å². The zero-order valence-corrected chi connectivity index (χ0v) is 8.20. The van der Waals surface area contributed by atoms with Gasteiger partial charge in [-0.3, -0.25) is 0 Å². The van der Waals surface area contributed by atoms with Gasteiger partial charge in [-0.25, -0.2) is 4.79 Å². The largest absolute Gasteiger partial charge is 0.463 e. The molecule has 0 rings (SSSR count). The lowest BCUT2D eigenvalue weighted by Gasteiger charge is -1.91. The number of hydrogen-bond donors (Lipinski definition) is 1. The number of nitrogens with two attached hydrogens (primary N) is 1. The average Bonchev–Trinajstić information content (AvgIpc) is 1.87. The molecule has 0 saturated carbocycles. The van der Waals surface area contributed by atoms with Crippen LogP contribution >= 0.6 is 0 Å². The van der Waals surface area contributed by atoms with E-state index < -0.39 is 5.97 Å². The molecule has 0 atom stereocenters. The Bertz CT molecular complexity index is 130. The maximum Gasteiger partial charge on any atom is 0.332 e. The summed E-state index contributed by atoms with van der Waals surface area (Å²) in [6.45, 7) is 2.13. The number of hydrogen-bond acceptors (Lipinski definition) is 4. The number of nitrogens with zero attached hydrogens (tertiary/aromatic N) is 1. The quantitative estimate of drug-likeness (QED) is 0.480. The smallest absolute Gasteiger partial charge is 0.332 e. The maximum absolute atomic E-state index is 10.3. The monoisotopic (exact) mass is 174 g/mol. The first-order valence-electron chi connectivity index (χ1n) is 3.70. The van der Waals surface area contributed by atoms with Crippen molar-refractivity contribution in [1.82, 2.24) is 4.90 Å². The third kappa shape index (κ3) is 23.1. The molecule has 0 bridgehead atoms. The van der Waals surface area contributed by atoms with Gasteiger partial charge in [-0.15, -0.1) is 0 Å². The lowest BCUT2D eigenvalue weighted by Crippen LogP contribution is -1.99. The second-order valence-corrected chi connectivity index (χ2v) is 2.45. The predicted molar refractivity (Wildman–Crippen MR) is 49.6 cm³/mol. The fourth-order valence-electron chi connectivity index (χ4n) is 0.269. The summed E-state index contributed by atoms with van der Waals surface area (Å²) >= 11 is 0. The van der Waals surface area contributed by atoms with Crippen LogP contribution in [0.5, 0.6) is 0 Å². The summed E-state index contributed by atoms with van der Waals surface area (Å²) in [4.78, 5) is 12.3. The van der Waals surface area contributed by atoms with Crippen molar-refractivity contribution in [3.8, 4) is 0 Å². The van der Waals surface area contributed by atoms with Crippen LogP contribution in [0.1, 0.15) is 6.92 Å². The van der Waals surface area contributed by atoms with E-state index in [1.807, 2.05) is 26.0 Å². The first kappa shape index (κ1) is 13.6. The molecule has 4 heteroatoms. The Kier molecular flexibility index (Phi) is 11.3. The van der Waals surface area contributed by atoms with E-state index in [1.54, 1.807) is 6.92 Å². The SMILES string of the molecule is CCOC(=O)C=CN.CN(C)C. The summed E-state index contributed by atoms with van der Waals surface area (Å²) in [6, 6.07) is 0. The topological polar surface area (TPSA) is 55.6 Å². The Morgan fingerprint density at radius 3 is 2.17 bits per heavy atom. The van der Waals surface area contributed by atoms with Gasteiger partial charge in [-0.05, 0) is 28.1 Å². The van der Waals surface area contributed by atoms with Crippen molar-refractivity contribution in [2.75, 3.05) is 27.7 Å². The van der Waals surface area contributed by atoms with Crippen LogP contribution in [0, 0.1) is 0 Å². The minimum Gasteiger partial charge on any atom is -0.463 e.